The first-order valence-electron chi connectivity index (χ1n) is 13.6. The monoisotopic (exact) mass is 487 g/mol. The third-order valence-corrected chi connectivity index (χ3v) is 8.71. The number of carbonyl (C=O) groups excluding carboxylic acids is 2. The molecule has 5 nitrogen and oxygen atoms in total. The molecule has 0 aromatic heterocycles. The first kappa shape index (κ1) is 25.0. The number of hydrogen-bond donors (Lipinski definition) is 2. The normalized spacial score (nSPS) is 29.4. The van der Waals surface area contributed by atoms with Crippen molar-refractivity contribution < 1.29 is 9.59 Å². The van der Waals surface area contributed by atoms with Gasteiger partial charge >= 0.3 is 0 Å². The molecule has 5 heteroatoms. The zero-order valence-electron chi connectivity index (χ0n) is 22.4. The Morgan fingerprint density at radius 3 is 2.42 bits per heavy atom. The summed E-state index contributed by atoms with van der Waals surface area (Å²) in [5.41, 5.74) is 2.93. The maximum atomic E-state index is 14.0. The van der Waals surface area contributed by atoms with E-state index in [1.807, 2.05) is 30.3 Å². The Hall–Kier alpha value is -2.66. The van der Waals surface area contributed by atoms with Crippen molar-refractivity contribution in [3.8, 4) is 0 Å². The molecule has 3 aliphatic heterocycles. The van der Waals surface area contributed by atoms with Crippen LogP contribution in [0.1, 0.15) is 64.2 Å². The molecule has 0 radical (unpaired) electrons. The second-order valence-electron chi connectivity index (χ2n) is 12.7. The number of rotatable bonds is 7. The van der Waals surface area contributed by atoms with E-state index in [-0.39, 0.29) is 41.0 Å². The van der Waals surface area contributed by atoms with Gasteiger partial charge in [0.25, 0.3) is 0 Å². The number of benzene rings is 2. The molecule has 3 saturated heterocycles. The van der Waals surface area contributed by atoms with Crippen LogP contribution in [0.25, 0.3) is 0 Å². The minimum absolute atomic E-state index is 0.000495. The van der Waals surface area contributed by atoms with Crippen molar-refractivity contribution in [1.82, 2.24) is 15.5 Å². The van der Waals surface area contributed by atoms with E-state index < -0.39 is 5.54 Å². The summed E-state index contributed by atoms with van der Waals surface area (Å²) in [6.07, 6.45) is 1.76. The van der Waals surface area contributed by atoms with E-state index in [0.717, 1.165) is 31.5 Å². The van der Waals surface area contributed by atoms with Gasteiger partial charge < -0.3 is 10.6 Å². The molecule has 0 unspecified atom stereocenters. The van der Waals surface area contributed by atoms with E-state index in [2.05, 4.69) is 74.4 Å². The second kappa shape index (κ2) is 9.33. The Kier molecular flexibility index (Phi) is 6.48. The summed E-state index contributed by atoms with van der Waals surface area (Å²) >= 11 is 0. The van der Waals surface area contributed by atoms with Crippen LogP contribution >= 0.6 is 0 Å². The molecular weight excluding hydrogens is 446 g/mol. The van der Waals surface area contributed by atoms with Crippen LogP contribution in [0.5, 0.6) is 0 Å². The highest BCUT2D eigenvalue weighted by molar-refractivity contribution is 5.97. The first-order valence-corrected chi connectivity index (χ1v) is 13.6. The minimum atomic E-state index is -0.856. The maximum Gasteiger partial charge on any atom is 0.248 e. The average Bonchev–Trinajstić information content (AvgIpc) is 3.06. The van der Waals surface area contributed by atoms with Crippen molar-refractivity contribution in [3.63, 3.8) is 0 Å². The number of nitrogens with zero attached hydrogens (tertiary/aromatic N) is 1. The van der Waals surface area contributed by atoms with Gasteiger partial charge in [0, 0.05) is 37.5 Å². The van der Waals surface area contributed by atoms with Crippen LogP contribution in [0.4, 0.5) is 0 Å². The summed E-state index contributed by atoms with van der Waals surface area (Å²) in [4.78, 5) is 29.7. The number of carbonyl (C=O) groups is 2. The third-order valence-electron chi connectivity index (χ3n) is 8.71. The fourth-order valence-electron chi connectivity index (χ4n) is 7.06. The van der Waals surface area contributed by atoms with Gasteiger partial charge in [0.1, 0.15) is 5.54 Å². The molecule has 0 spiro atoms. The van der Waals surface area contributed by atoms with Crippen molar-refractivity contribution in [2.45, 2.75) is 77.5 Å². The van der Waals surface area contributed by atoms with Gasteiger partial charge in [-0.3, -0.25) is 14.5 Å². The number of piperidine rings is 2. The smallest absolute Gasteiger partial charge is 0.248 e. The van der Waals surface area contributed by atoms with E-state index in [9.17, 15) is 9.59 Å². The number of fused-ring (bicyclic) bond motifs is 1. The van der Waals surface area contributed by atoms with Gasteiger partial charge in [0.05, 0.1) is 0 Å². The first-order chi connectivity index (χ1) is 17.1. The Morgan fingerprint density at radius 1 is 1.08 bits per heavy atom. The van der Waals surface area contributed by atoms with Gasteiger partial charge in [-0.25, -0.2) is 0 Å². The molecule has 2 aromatic carbocycles. The lowest BCUT2D eigenvalue weighted by molar-refractivity contribution is -0.155. The van der Waals surface area contributed by atoms with Crippen LogP contribution < -0.4 is 10.6 Å². The molecular formula is C31H41N3O2. The number of hydrogen-bond acceptors (Lipinski definition) is 3. The zero-order chi connectivity index (χ0) is 25.7. The van der Waals surface area contributed by atoms with Crippen molar-refractivity contribution in [2.24, 2.45) is 23.7 Å². The van der Waals surface area contributed by atoms with Gasteiger partial charge in [0.2, 0.25) is 11.8 Å². The number of amides is 2. The number of nitrogens with one attached hydrogen (secondary N) is 2. The van der Waals surface area contributed by atoms with Crippen molar-refractivity contribution in [1.29, 1.82) is 0 Å². The standard InChI is InChI=1S/C31H41N3O2/c1-20(2)15-25-26-16-24-19-34(18-22-11-13-23(14-12-22)30(3,4)5)27(25)31(24,33-28(26)35)29(36)32-17-21-9-7-6-8-10-21/h6-14,20,24-27H,15-19H2,1-5H3,(H,32,36)(H,33,35)/t24-,25+,26+,27-,31-/m0/s1. The highest BCUT2D eigenvalue weighted by Gasteiger charge is 2.70. The molecule has 36 heavy (non-hydrogen) atoms. The fourth-order valence-corrected chi connectivity index (χ4v) is 7.06. The molecule has 3 heterocycles. The molecule has 2 N–H and O–H groups in total. The quantitative estimate of drug-likeness (QED) is 0.598. The van der Waals surface area contributed by atoms with Crippen LogP contribution in [-0.4, -0.2) is 34.8 Å². The van der Waals surface area contributed by atoms with Crippen LogP contribution in [0.2, 0.25) is 0 Å². The summed E-state index contributed by atoms with van der Waals surface area (Å²) in [7, 11) is 0. The van der Waals surface area contributed by atoms with Crippen LogP contribution in [0, 0.1) is 23.7 Å². The maximum absolute atomic E-state index is 14.0. The topological polar surface area (TPSA) is 61.4 Å². The second-order valence-corrected chi connectivity index (χ2v) is 12.7. The Balaban J connectivity index is 1.44. The van der Waals surface area contributed by atoms with Crippen molar-refractivity contribution >= 4 is 11.8 Å². The van der Waals surface area contributed by atoms with Crippen molar-refractivity contribution in [3.05, 3.63) is 71.3 Å². The van der Waals surface area contributed by atoms with Gasteiger partial charge in [-0.05, 0) is 46.8 Å². The molecule has 1 saturated carbocycles. The zero-order valence-corrected chi connectivity index (χ0v) is 22.4. The van der Waals surface area contributed by atoms with E-state index in [4.69, 9.17) is 0 Å². The van der Waals surface area contributed by atoms with Gasteiger partial charge in [-0.2, -0.15) is 0 Å². The van der Waals surface area contributed by atoms with E-state index in [1.165, 1.54) is 11.1 Å². The van der Waals surface area contributed by atoms with Crippen molar-refractivity contribution in [2.75, 3.05) is 6.54 Å². The van der Waals surface area contributed by atoms with Gasteiger partial charge in [0.15, 0.2) is 0 Å². The van der Waals surface area contributed by atoms with Crippen LogP contribution in [-0.2, 0) is 28.1 Å². The van der Waals surface area contributed by atoms with Gasteiger partial charge in [-0.1, -0.05) is 89.2 Å². The summed E-state index contributed by atoms with van der Waals surface area (Å²) in [6.45, 7) is 13.3. The Bertz CT molecular complexity index is 1100. The Labute approximate surface area is 216 Å². The highest BCUT2D eigenvalue weighted by atomic mass is 16.2. The molecule has 2 aromatic rings. The average molecular weight is 488 g/mol. The summed E-state index contributed by atoms with van der Waals surface area (Å²) < 4.78 is 0. The summed E-state index contributed by atoms with van der Waals surface area (Å²) in [6, 6.07) is 19.0. The molecule has 1 aliphatic carbocycles. The lowest BCUT2D eigenvalue weighted by atomic mass is 9.57. The summed E-state index contributed by atoms with van der Waals surface area (Å²) in [5, 5.41) is 6.49. The van der Waals surface area contributed by atoms with Gasteiger partial charge in [-0.15, -0.1) is 0 Å². The van der Waals surface area contributed by atoms with Crippen LogP contribution in [0.3, 0.4) is 0 Å². The molecule has 5 atom stereocenters. The largest absolute Gasteiger partial charge is 0.350 e. The van der Waals surface area contributed by atoms with E-state index >= 15 is 0 Å². The predicted octanol–water partition coefficient (Wildman–Crippen LogP) is 4.65. The lowest BCUT2D eigenvalue weighted by Gasteiger charge is -2.55. The lowest BCUT2D eigenvalue weighted by Crippen LogP contribution is -2.77. The molecule has 4 fully saturated rings. The summed E-state index contributed by atoms with van der Waals surface area (Å²) in [5.74, 6) is 0.844. The SMILES string of the molecule is CC(C)C[C@H]1[C@@H]2N(Cc3ccc(C(C)(C)C)cc3)C[C@@H]3C[C@H]1C(=O)N[C@@]32C(=O)NCc1ccccc1. The fraction of sp³-hybridized carbons (Fsp3) is 0.548. The Morgan fingerprint density at radius 2 is 1.78 bits per heavy atom. The molecule has 192 valence electrons. The van der Waals surface area contributed by atoms with E-state index in [0.29, 0.717) is 12.5 Å². The molecule has 4 bridgehead atoms. The molecule has 6 rings (SSSR count). The number of likely N-dealkylation sites (tertiary alicyclic amines) is 1. The molecule has 4 aliphatic rings. The predicted molar refractivity (Wildman–Crippen MR) is 143 cm³/mol. The molecule has 2 amide bonds. The highest BCUT2D eigenvalue weighted by Crippen LogP contribution is 2.54. The third kappa shape index (κ3) is 4.36. The van der Waals surface area contributed by atoms with E-state index in [1.54, 1.807) is 0 Å². The van der Waals surface area contributed by atoms with Crippen LogP contribution in [0.15, 0.2) is 54.6 Å². The minimum Gasteiger partial charge on any atom is -0.350 e.